The van der Waals surface area contributed by atoms with Gasteiger partial charge in [-0.05, 0) is 36.0 Å². The average molecular weight is 120 g/mol. The molecule has 0 radical (unpaired) electrons. The van der Waals surface area contributed by atoms with Crippen LogP contribution in [0.4, 0.5) is 0 Å². The molecular weight excluding hydrogens is 108 g/mol. The zero-order chi connectivity index (χ0) is 6.01. The Bertz CT molecular complexity index is 172. The number of rotatable bonds is 0. The molecule has 0 heteroatoms. The maximum Gasteiger partial charge on any atom is -0.0166 e. The minimum absolute atomic E-state index is 1.01. The molecule has 48 valence electrons. The van der Waals surface area contributed by atoms with Crippen molar-refractivity contribution in [1.82, 2.24) is 0 Å². The van der Waals surface area contributed by atoms with Crippen molar-refractivity contribution >= 4 is 0 Å². The predicted molar refractivity (Wildman–Crippen MR) is 36.9 cm³/mol. The molecule has 3 saturated carbocycles. The van der Waals surface area contributed by atoms with Gasteiger partial charge in [0.2, 0.25) is 0 Å². The van der Waals surface area contributed by atoms with Crippen LogP contribution >= 0.6 is 0 Å². The first kappa shape index (κ1) is 4.54. The highest BCUT2D eigenvalue weighted by Crippen LogP contribution is 2.65. The third-order valence-electron chi connectivity index (χ3n) is 3.84. The van der Waals surface area contributed by atoms with Crippen LogP contribution in [0.3, 0.4) is 0 Å². The minimum Gasteiger partial charge on any atom is -0.0848 e. The fraction of sp³-hybridized carbons (Fsp3) is 0.778. The van der Waals surface area contributed by atoms with E-state index >= 15 is 0 Å². The molecule has 9 heavy (non-hydrogen) atoms. The van der Waals surface area contributed by atoms with Crippen LogP contribution < -0.4 is 0 Å². The molecule has 3 fully saturated rings. The lowest BCUT2D eigenvalue weighted by Gasteiger charge is -2.39. The van der Waals surface area contributed by atoms with E-state index in [1.807, 2.05) is 0 Å². The van der Waals surface area contributed by atoms with Gasteiger partial charge in [-0.2, -0.15) is 0 Å². The van der Waals surface area contributed by atoms with Gasteiger partial charge in [-0.15, -0.1) is 0 Å². The van der Waals surface area contributed by atoms with E-state index in [-0.39, 0.29) is 0 Å². The zero-order valence-corrected chi connectivity index (χ0v) is 5.75. The van der Waals surface area contributed by atoms with Crippen molar-refractivity contribution in [3.8, 4) is 0 Å². The second-order valence-electron chi connectivity index (χ2n) is 3.96. The molecule has 0 aromatic rings. The third kappa shape index (κ3) is 0.309. The first-order chi connectivity index (χ1) is 4.38. The number of allylic oxidation sites excluding steroid dienone is 2. The lowest BCUT2D eigenvalue weighted by atomic mass is 9.65. The summed E-state index contributed by atoms with van der Waals surface area (Å²) >= 11 is 0. The van der Waals surface area contributed by atoms with Gasteiger partial charge in [0.05, 0.1) is 0 Å². The molecule has 4 aliphatic carbocycles. The lowest BCUT2D eigenvalue weighted by Crippen LogP contribution is -2.35. The van der Waals surface area contributed by atoms with Gasteiger partial charge in [0.25, 0.3) is 0 Å². The van der Waals surface area contributed by atoms with E-state index in [1.165, 1.54) is 6.42 Å². The molecule has 0 aromatic heterocycles. The molecule has 0 saturated heterocycles. The smallest absolute Gasteiger partial charge is 0.0166 e. The van der Waals surface area contributed by atoms with Gasteiger partial charge in [-0.25, -0.2) is 0 Å². The van der Waals surface area contributed by atoms with Gasteiger partial charge in [-0.1, -0.05) is 19.1 Å². The maximum atomic E-state index is 2.46. The van der Waals surface area contributed by atoms with Gasteiger partial charge in [0.15, 0.2) is 0 Å². The first-order valence-electron chi connectivity index (χ1n) is 4.06. The summed E-state index contributed by atoms with van der Waals surface area (Å²) in [6.45, 7) is 2.43. The summed E-state index contributed by atoms with van der Waals surface area (Å²) in [7, 11) is 0. The van der Waals surface area contributed by atoms with Crippen LogP contribution in [-0.4, -0.2) is 0 Å². The van der Waals surface area contributed by atoms with Crippen molar-refractivity contribution in [2.45, 2.75) is 13.3 Å². The second-order valence-corrected chi connectivity index (χ2v) is 3.96. The molecule has 0 N–H and O–H groups in total. The molecule has 0 spiro atoms. The summed E-state index contributed by atoms with van der Waals surface area (Å²) in [4.78, 5) is 0. The lowest BCUT2D eigenvalue weighted by molar-refractivity contribution is 0.106. The van der Waals surface area contributed by atoms with Gasteiger partial charge < -0.3 is 0 Å². The minimum atomic E-state index is 1.01. The topological polar surface area (TPSA) is 0 Å². The summed E-state index contributed by atoms with van der Waals surface area (Å²) < 4.78 is 0. The van der Waals surface area contributed by atoms with Gasteiger partial charge in [0.1, 0.15) is 0 Å². The van der Waals surface area contributed by atoms with Crippen molar-refractivity contribution < 1.29 is 0 Å². The summed E-state index contributed by atoms with van der Waals surface area (Å²) in [6, 6.07) is 0. The molecule has 5 unspecified atom stereocenters. The Kier molecular flexibility index (Phi) is 0.564. The number of hydrogen-bond acceptors (Lipinski definition) is 0. The quantitative estimate of drug-likeness (QED) is 0.429. The van der Waals surface area contributed by atoms with Crippen molar-refractivity contribution in [1.29, 1.82) is 0 Å². The molecule has 0 aliphatic heterocycles. The highest BCUT2D eigenvalue weighted by Gasteiger charge is 2.58. The molecule has 0 nitrogen and oxygen atoms in total. The molecule has 4 bridgehead atoms. The van der Waals surface area contributed by atoms with Crippen LogP contribution in [-0.2, 0) is 0 Å². The van der Waals surface area contributed by atoms with Gasteiger partial charge in [-0.3, -0.25) is 0 Å². The molecule has 4 rings (SSSR count). The Morgan fingerprint density at radius 3 is 2.67 bits per heavy atom. The summed E-state index contributed by atoms with van der Waals surface area (Å²) in [5.41, 5.74) is 0. The Morgan fingerprint density at radius 1 is 1.33 bits per heavy atom. The van der Waals surface area contributed by atoms with Crippen molar-refractivity contribution in [3.63, 3.8) is 0 Å². The fourth-order valence-corrected chi connectivity index (χ4v) is 3.39. The van der Waals surface area contributed by atoms with E-state index in [0.717, 1.165) is 29.6 Å². The molecule has 0 heterocycles. The van der Waals surface area contributed by atoms with E-state index < -0.39 is 0 Å². The largest absolute Gasteiger partial charge is 0.0848 e. The van der Waals surface area contributed by atoms with Crippen molar-refractivity contribution in [2.24, 2.45) is 29.6 Å². The monoisotopic (exact) mass is 120 g/mol. The van der Waals surface area contributed by atoms with E-state index in [2.05, 4.69) is 19.1 Å². The van der Waals surface area contributed by atoms with Gasteiger partial charge >= 0.3 is 0 Å². The first-order valence-corrected chi connectivity index (χ1v) is 4.06. The molecular formula is C9H12. The third-order valence-corrected chi connectivity index (χ3v) is 3.84. The summed E-state index contributed by atoms with van der Waals surface area (Å²) in [6.07, 6.45) is 6.44. The highest BCUT2D eigenvalue weighted by atomic mass is 14.6. The maximum absolute atomic E-state index is 2.46. The Hall–Kier alpha value is -0.260. The zero-order valence-electron chi connectivity index (χ0n) is 5.75. The molecule has 5 atom stereocenters. The molecule has 4 aliphatic rings. The van der Waals surface area contributed by atoms with Crippen LogP contribution in [0.5, 0.6) is 0 Å². The second kappa shape index (κ2) is 1.12. The molecule has 0 aromatic carbocycles. The van der Waals surface area contributed by atoms with Crippen LogP contribution in [0.15, 0.2) is 12.2 Å². The van der Waals surface area contributed by atoms with E-state index in [9.17, 15) is 0 Å². The Balaban J connectivity index is 2.08. The van der Waals surface area contributed by atoms with Crippen LogP contribution in [0, 0.1) is 29.6 Å². The summed E-state index contributed by atoms with van der Waals surface area (Å²) in [5, 5.41) is 0. The van der Waals surface area contributed by atoms with Crippen molar-refractivity contribution in [2.75, 3.05) is 0 Å². The molecule has 0 amide bonds. The van der Waals surface area contributed by atoms with E-state index in [0.29, 0.717) is 0 Å². The average Bonchev–Trinajstić information content (AvgIpc) is 2.46. The number of hydrogen-bond donors (Lipinski definition) is 0. The Labute approximate surface area is 56.0 Å². The highest BCUT2D eigenvalue weighted by molar-refractivity contribution is 5.23. The Morgan fingerprint density at radius 2 is 2.22 bits per heavy atom. The van der Waals surface area contributed by atoms with E-state index in [4.69, 9.17) is 0 Å². The normalized spacial score (nSPS) is 66.6. The predicted octanol–water partition coefficient (Wildman–Crippen LogP) is 2.07. The van der Waals surface area contributed by atoms with E-state index in [1.54, 1.807) is 0 Å². The fourth-order valence-electron chi connectivity index (χ4n) is 3.39. The van der Waals surface area contributed by atoms with Crippen molar-refractivity contribution in [3.05, 3.63) is 12.2 Å². The van der Waals surface area contributed by atoms with Crippen LogP contribution in [0.2, 0.25) is 0 Å². The standard InChI is InChI=1S/C9H12/c1-5-8-4-6-2-3-7(8)9(5)6/h2-3,5-9H,4H2,1H3. The SMILES string of the molecule is CC1C2CC3C=CC2C31. The van der Waals surface area contributed by atoms with Crippen LogP contribution in [0.1, 0.15) is 13.3 Å². The van der Waals surface area contributed by atoms with Gasteiger partial charge in [0, 0.05) is 0 Å². The van der Waals surface area contributed by atoms with Crippen LogP contribution in [0.25, 0.3) is 0 Å². The summed E-state index contributed by atoms with van der Waals surface area (Å²) in [5.74, 6) is 5.30.